The molecule has 0 saturated carbocycles. The van der Waals surface area contributed by atoms with Gasteiger partial charge in [-0.3, -0.25) is 4.90 Å². The maximum absolute atomic E-state index is 6.33. The van der Waals surface area contributed by atoms with Crippen molar-refractivity contribution in [3.05, 3.63) is 62.9 Å². The average Bonchev–Trinajstić information content (AvgIpc) is 3.01. The van der Waals surface area contributed by atoms with Gasteiger partial charge in [-0.1, -0.05) is 40.9 Å². The van der Waals surface area contributed by atoms with Gasteiger partial charge in [-0.2, -0.15) is 0 Å². The molecule has 130 valence electrons. The van der Waals surface area contributed by atoms with E-state index in [4.69, 9.17) is 39.8 Å². The largest absolute Gasteiger partial charge is 0.342 e. The zero-order valence-corrected chi connectivity index (χ0v) is 15.9. The molecule has 4 rings (SSSR count). The number of benzene rings is 2. The van der Waals surface area contributed by atoms with Gasteiger partial charge in [0.05, 0.1) is 11.0 Å². The number of nitrogens with one attached hydrogen (secondary N) is 1. The van der Waals surface area contributed by atoms with Crippen LogP contribution in [0.2, 0.25) is 15.1 Å². The second-order valence-electron chi connectivity index (χ2n) is 6.59. The molecule has 1 atom stereocenters. The zero-order valence-electron chi connectivity index (χ0n) is 13.6. The van der Waals surface area contributed by atoms with Gasteiger partial charge in [0.15, 0.2) is 0 Å². The van der Waals surface area contributed by atoms with E-state index in [0.29, 0.717) is 10.9 Å². The normalized spacial score (nSPS) is 18.8. The molecular formula is C19H18Cl3N3. The molecule has 1 N–H and O–H groups in total. The molecular weight excluding hydrogens is 377 g/mol. The predicted octanol–water partition coefficient (Wildman–Crippen LogP) is 5.90. The number of hydrogen-bond acceptors (Lipinski definition) is 2. The lowest BCUT2D eigenvalue weighted by molar-refractivity contribution is 0.197. The van der Waals surface area contributed by atoms with Crippen molar-refractivity contribution < 1.29 is 0 Å². The number of nitrogens with zero attached hydrogens (tertiary/aromatic N) is 2. The number of likely N-dealkylation sites (tertiary alicyclic amines) is 1. The van der Waals surface area contributed by atoms with Crippen LogP contribution in [0, 0.1) is 0 Å². The molecule has 0 aliphatic carbocycles. The van der Waals surface area contributed by atoms with Crippen LogP contribution in [-0.2, 0) is 6.54 Å². The van der Waals surface area contributed by atoms with E-state index >= 15 is 0 Å². The summed E-state index contributed by atoms with van der Waals surface area (Å²) in [5, 5.41) is 2.13. The number of rotatable bonds is 3. The van der Waals surface area contributed by atoms with E-state index in [-0.39, 0.29) is 0 Å². The molecule has 6 heteroatoms. The number of hydrogen-bond donors (Lipinski definition) is 1. The van der Waals surface area contributed by atoms with Crippen molar-refractivity contribution in [3.8, 4) is 0 Å². The second-order valence-corrected chi connectivity index (χ2v) is 7.87. The van der Waals surface area contributed by atoms with Crippen LogP contribution in [0.1, 0.15) is 30.1 Å². The molecule has 25 heavy (non-hydrogen) atoms. The summed E-state index contributed by atoms with van der Waals surface area (Å²) in [6, 6.07) is 11.5. The third kappa shape index (κ3) is 3.80. The molecule has 0 amide bonds. The Hall–Kier alpha value is -1.26. The molecule has 1 fully saturated rings. The summed E-state index contributed by atoms with van der Waals surface area (Å²) >= 11 is 18.4. The van der Waals surface area contributed by atoms with Crippen molar-refractivity contribution in [2.24, 2.45) is 0 Å². The highest BCUT2D eigenvalue weighted by Crippen LogP contribution is 2.30. The van der Waals surface area contributed by atoms with Crippen molar-refractivity contribution in [3.63, 3.8) is 0 Å². The van der Waals surface area contributed by atoms with Crippen molar-refractivity contribution in [1.29, 1.82) is 0 Å². The molecule has 1 saturated heterocycles. The quantitative estimate of drug-likeness (QED) is 0.599. The lowest BCUT2D eigenvalue weighted by Crippen LogP contribution is -2.34. The van der Waals surface area contributed by atoms with Crippen LogP contribution in [0.4, 0.5) is 0 Å². The van der Waals surface area contributed by atoms with Gasteiger partial charge in [-0.05, 0) is 55.3 Å². The summed E-state index contributed by atoms with van der Waals surface area (Å²) in [5.41, 5.74) is 3.08. The number of halogens is 3. The van der Waals surface area contributed by atoms with E-state index in [2.05, 4.69) is 9.88 Å². The zero-order chi connectivity index (χ0) is 17.4. The summed E-state index contributed by atoms with van der Waals surface area (Å²) < 4.78 is 0. The van der Waals surface area contributed by atoms with Crippen LogP contribution in [-0.4, -0.2) is 28.0 Å². The van der Waals surface area contributed by atoms with Crippen LogP contribution < -0.4 is 0 Å². The van der Waals surface area contributed by atoms with E-state index in [1.54, 1.807) is 0 Å². The lowest BCUT2D eigenvalue weighted by atomic mass is 9.97. The van der Waals surface area contributed by atoms with Crippen LogP contribution in [0.15, 0.2) is 36.4 Å². The molecule has 0 radical (unpaired) electrons. The number of imidazole rings is 1. The van der Waals surface area contributed by atoms with Crippen LogP contribution in [0.25, 0.3) is 11.0 Å². The van der Waals surface area contributed by atoms with Gasteiger partial charge >= 0.3 is 0 Å². The summed E-state index contributed by atoms with van der Waals surface area (Å²) in [4.78, 5) is 10.6. The van der Waals surface area contributed by atoms with Crippen molar-refractivity contribution in [2.75, 3.05) is 13.1 Å². The maximum atomic E-state index is 6.33. The predicted molar refractivity (Wildman–Crippen MR) is 105 cm³/mol. The second kappa shape index (κ2) is 7.16. The van der Waals surface area contributed by atoms with Crippen LogP contribution >= 0.6 is 34.8 Å². The van der Waals surface area contributed by atoms with E-state index in [1.165, 1.54) is 0 Å². The van der Waals surface area contributed by atoms with Gasteiger partial charge < -0.3 is 4.98 Å². The monoisotopic (exact) mass is 393 g/mol. The van der Waals surface area contributed by atoms with E-state index < -0.39 is 0 Å². The molecule has 3 nitrogen and oxygen atoms in total. The molecule has 1 unspecified atom stereocenters. The van der Waals surface area contributed by atoms with Crippen LogP contribution in [0.3, 0.4) is 0 Å². The number of aromatic amines is 1. The highest BCUT2D eigenvalue weighted by molar-refractivity contribution is 6.35. The molecule has 0 spiro atoms. The number of H-pyrrole nitrogens is 1. The molecule has 2 aromatic carbocycles. The smallest absolute Gasteiger partial charge is 0.111 e. The first kappa shape index (κ1) is 17.2. The molecule has 1 aliphatic heterocycles. The van der Waals surface area contributed by atoms with Crippen molar-refractivity contribution in [2.45, 2.75) is 25.3 Å². The fraction of sp³-hybridized carbons (Fsp3) is 0.316. The maximum Gasteiger partial charge on any atom is 0.111 e. The van der Waals surface area contributed by atoms with Gasteiger partial charge in [0.2, 0.25) is 0 Å². The Labute approximate surface area is 161 Å². The van der Waals surface area contributed by atoms with Gasteiger partial charge in [-0.15, -0.1) is 0 Å². The molecule has 1 aromatic heterocycles. The fourth-order valence-electron chi connectivity index (χ4n) is 3.51. The van der Waals surface area contributed by atoms with Crippen molar-refractivity contribution in [1.82, 2.24) is 14.9 Å². The number of fused-ring (bicyclic) bond motifs is 1. The summed E-state index contributed by atoms with van der Waals surface area (Å²) in [6.45, 7) is 2.87. The average molecular weight is 395 g/mol. The topological polar surface area (TPSA) is 31.9 Å². The Kier molecular flexibility index (Phi) is 4.92. The minimum atomic E-state index is 0.394. The van der Waals surface area contributed by atoms with Gasteiger partial charge in [0.25, 0.3) is 0 Å². The van der Waals surface area contributed by atoms with Gasteiger partial charge in [-0.25, -0.2) is 4.98 Å². The summed E-state index contributed by atoms with van der Waals surface area (Å²) in [5.74, 6) is 1.44. The van der Waals surface area contributed by atoms with Crippen LogP contribution in [0.5, 0.6) is 0 Å². The highest BCUT2D eigenvalue weighted by Gasteiger charge is 2.24. The first-order valence-electron chi connectivity index (χ1n) is 8.40. The lowest BCUT2D eigenvalue weighted by Gasteiger charge is -2.32. The van der Waals surface area contributed by atoms with E-state index in [0.717, 1.165) is 64.9 Å². The molecule has 0 bridgehead atoms. The molecule has 1 aliphatic rings. The SMILES string of the molecule is Clc1ccc(CN2CCCC(c3nc4ccc(Cl)cc4[nH]3)C2)c(Cl)c1. The Bertz CT molecular complexity index is 906. The number of aromatic nitrogens is 2. The van der Waals surface area contributed by atoms with Gasteiger partial charge in [0.1, 0.15) is 5.82 Å². The first-order valence-corrected chi connectivity index (χ1v) is 9.53. The summed E-state index contributed by atoms with van der Waals surface area (Å²) in [7, 11) is 0. The Morgan fingerprint density at radius 3 is 2.72 bits per heavy atom. The van der Waals surface area contributed by atoms with E-state index in [9.17, 15) is 0 Å². The standard InChI is InChI=1S/C19H18Cl3N3/c20-14-4-3-12(16(22)8-14)10-25-7-1-2-13(11-25)19-23-17-6-5-15(21)9-18(17)24-19/h3-6,8-9,13H,1-2,7,10-11H2,(H,23,24). The minimum absolute atomic E-state index is 0.394. The van der Waals surface area contributed by atoms with Crippen molar-refractivity contribution >= 4 is 45.8 Å². The Morgan fingerprint density at radius 1 is 1.08 bits per heavy atom. The Morgan fingerprint density at radius 2 is 1.88 bits per heavy atom. The molecule has 2 heterocycles. The van der Waals surface area contributed by atoms with E-state index in [1.807, 2.05) is 36.4 Å². The highest BCUT2D eigenvalue weighted by atomic mass is 35.5. The first-order chi connectivity index (χ1) is 12.1. The number of piperidine rings is 1. The minimum Gasteiger partial charge on any atom is -0.342 e. The summed E-state index contributed by atoms with van der Waals surface area (Å²) in [6.07, 6.45) is 2.28. The Balaban J connectivity index is 1.51. The fourth-order valence-corrected chi connectivity index (χ4v) is 4.15. The van der Waals surface area contributed by atoms with Gasteiger partial charge in [0, 0.05) is 34.1 Å². The molecule has 3 aromatic rings. The third-order valence-corrected chi connectivity index (χ3v) is 5.59. The third-order valence-electron chi connectivity index (χ3n) is 4.76.